The SMILES string of the molecule is CCN(COC)c1cc(-c2ccnc(Nc3cccc(Cl)c3)n2)ccn1. The Labute approximate surface area is 157 Å². The van der Waals surface area contributed by atoms with Crippen molar-refractivity contribution in [3.63, 3.8) is 0 Å². The summed E-state index contributed by atoms with van der Waals surface area (Å²) in [5.41, 5.74) is 2.60. The van der Waals surface area contributed by atoms with Crippen LogP contribution in [0.5, 0.6) is 0 Å². The maximum Gasteiger partial charge on any atom is 0.227 e. The summed E-state index contributed by atoms with van der Waals surface area (Å²) in [5, 5.41) is 3.83. The minimum absolute atomic E-state index is 0.484. The first-order valence-corrected chi connectivity index (χ1v) is 8.63. The first-order chi connectivity index (χ1) is 12.7. The van der Waals surface area contributed by atoms with Gasteiger partial charge in [-0.3, -0.25) is 0 Å². The van der Waals surface area contributed by atoms with Gasteiger partial charge in [0.05, 0.1) is 5.69 Å². The fourth-order valence-corrected chi connectivity index (χ4v) is 2.69. The molecule has 0 aliphatic heterocycles. The number of hydrogen-bond donors (Lipinski definition) is 1. The number of hydrogen-bond acceptors (Lipinski definition) is 6. The molecule has 0 radical (unpaired) electrons. The number of halogens is 1. The zero-order chi connectivity index (χ0) is 18.4. The number of methoxy groups -OCH3 is 1. The average Bonchev–Trinajstić information content (AvgIpc) is 2.66. The van der Waals surface area contributed by atoms with E-state index >= 15 is 0 Å². The fraction of sp³-hybridized carbons (Fsp3) is 0.211. The quantitative estimate of drug-likeness (QED) is 0.624. The normalized spacial score (nSPS) is 10.6. The van der Waals surface area contributed by atoms with Gasteiger partial charge < -0.3 is 15.0 Å². The maximum absolute atomic E-state index is 6.02. The van der Waals surface area contributed by atoms with Gasteiger partial charge >= 0.3 is 0 Å². The highest BCUT2D eigenvalue weighted by Gasteiger charge is 2.09. The number of pyridine rings is 1. The number of rotatable bonds is 7. The number of ether oxygens (including phenoxy) is 1. The monoisotopic (exact) mass is 369 g/mol. The Bertz CT molecular complexity index is 874. The Morgan fingerprint density at radius 1 is 1.12 bits per heavy atom. The van der Waals surface area contributed by atoms with Gasteiger partial charge in [-0.1, -0.05) is 17.7 Å². The molecule has 1 aromatic carbocycles. The van der Waals surface area contributed by atoms with E-state index in [4.69, 9.17) is 16.3 Å². The van der Waals surface area contributed by atoms with Crippen LogP contribution in [0.25, 0.3) is 11.3 Å². The molecule has 26 heavy (non-hydrogen) atoms. The summed E-state index contributed by atoms with van der Waals surface area (Å²) < 4.78 is 5.23. The van der Waals surface area contributed by atoms with E-state index in [1.807, 2.05) is 47.4 Å². The molecule has 2 heterocycles. The van der Waals surface area contributed by atoms with E-state index in [0.717, 1.165) is 29.3 Å². The van der Waals surface area contributed by atoms with Gasteiger partial charge in [0.25, 0.3) is 0 Å². The van der Waals surface area contributed by atoms with Crippen LogP contribution in [-0.4, -0.2) is 35.3 Å². The van der Waals surface area contributed by atoms with Crippen molar-refractivity contribution < 1.29 is 4.74 Å². The predicted octanol–water partition coefficient (Wildman–Crippen LogP) is 4.37. The summed E-state index contributed by atoms with van der Waals surface area (Å²) >= 11 is 6.02. The summed E-state index contributed by atoms with van der Waals surface area (Å²) in [6.07, 6.45) is 3.50. The van der Waals surface area contributed by atoms with Crippen molar-refractivity contribution >= 4 is 29.1 Å². The van der Waals surface area contributed by atoms with Crippen LogP contribution in [0.15, 0.2) is 54.9 Å². The second kappa shape index (κ2) is 8.60. The number of nitrogens with one attached hydrogen (secondary N) is 1. The molecule has 0 unspecified atom stereocenters. The highest BCUT2D eigenvalue weighted by Crippen LogP contribution is 2.23. The third kappa shape index (κ3) is 4.47. The van der Waals surface area contributed by atoms with Crippen LogP contribution in [0.3, 0.4) is 0 Å². The van der Waals surface area contributed by atoms with Crippen molar-refractivity contribution in [2.75, 3.05) is 30.6 Å². The van der Waals surface area contributed by atoms with Crippen LogP contribution < -0.4 is 10.2 Å². The summed E-state index contributed by atoms with van der Waals surface area (Å²) in [4.78, 5) is 15.3. The number of anilines is 3. The number of nitrogens with zero attached hydrogens (tertiary/aromatic N) is 4. The fourth-order valence-electron chi connectivity index (χ4n) is 2.50. The summed E-state index contributed by atoms with van der Waals surface area (Å²) in [6, 6.07) is 13.2. The highest BCUT2D eigenvalue weighted by molar-refractivity contribution is 6.30. The molecule has 0 fully saturated rings. The van der Waals surface area contributed by atoms with E-state index in [9.17, 15) is 0 Å². The van der Waals surface area contributed by atoms with E-state index in [-0.39, 0.29) is 0 Å². The first kappa shape index (κ1) is 18.1. The molecule has 3 rings (SSSR count). The van der Waals surface area contributed by atoms with Crippen LogP contribution in [-0.2, 0) is 4.74 Å². The summed E-state index contributed by atoms with van der Waals surface area (Å²) in [7, 11) is 1.67. The Morgan fingerprint density at radius 3 is 2.73 bits per heavy atom. The lowest BCUT2D eigenvalue weighted by atomic mass is 10.2. The molecular weight excluding hydrogens is 350 g/mol. The van der Waals surface area contributed by atoms with Gasteiger partial charge in [-0.2, -0.15) is 0 Å². The molecule has 0 atom stereocenters. The van der Waals surface area contributed by atoms with E-state index in [1.165, 1.54) is 0 Å². The molecule has 134 valence electrons. The van der Waals surface area contributed by atoms with E-state index in [1.54, 1.807) is 19.5 Å². The van der Waals surface area contributed by atoms with Gasteiger partial charge in [-0.25, -0.2) is 15.0 Å². The molecular formula is C19H20ClN5O. The van der Waals surface area contributed by atoms with E-state index in [0.29, 0.717) is 17.7 Å². The van der Waals surface area contributed by atoms with Crippen molar-refractivity contribution in [2.24, 2.45) is 0 Å². The van der Waals surface area contributed by atoms with Gasteiger partial charge in [-0.15, -0.1) is 0 Å². The van der Waals surface area contributed by atoms with Gasteiger partial charge in [0.1, 0.15) is 12.5 Å². The number of aromatic nitrogens is 3. The van der Waals surface area contributed by atoms with Crippen LogP contribution in [0.4, 0.5) is 17.5 Å². The summed E-state index contributed by atoms with van der Waals surface area (Å²) in [5.74, 6) is 1.35. The van der Waals surface area contributed by atoms with Crippen LogP contribution in [0.1, 0.15) is 6.92 Å². The first-order valence-electron chi connectivity index (χ1n) is 8.25. The summed E-state index contributed by atoms with van der Waals surface area (Å²) in [6.45, 7) is 3.35. The highest BCUT2D eigenvalue weighted by atomic mass is 35.5. The number of benzene rings is 1. The van der Waals surface area contributed by atoms with E-state index < -0.39 is 0 Å². The lowest BCUT2D eigenvalue weighted by molar-refractivity contribution is 0.198. The van der Waals surface area contributed by atoms with Gasteiger partial charge in [0.2, 0.25) is 5.95 Å². The molecule has 6 nitrogen and oxygen atoms in total. The Morgan fingerprint density at radius 2 is 1.96 bits per heavy atom. The molecule has 0 saturated carbocycles. The molecule has 7 heteroatoms. The van der Waals surface area contributed by atoms with Crippen molar-refractivity contribution in [2.45, 2.75) is 6.92 Å². The second-order valence-electron chi connectivity index (χ2n) is 5.58. The van der Waals surface area contributed by atoms with Crippen LogP contribution >= 0.6 is 11.6 Å². The standard InChI is InChI=1S/C19H20ClN5O/c1-3-25(13-26-2)18-11-14(7-9-21-18)17-8-10-22-19(24-17)23-16-6-4-5-15(20)12-16/h4-12H,3,13H2,1-2H3,(H,22,23,24). The molecule has 0 saturated heterocycles. The maximum atomic E-state index is 6.02. The van der Waals surface area contributed by atoms with Crippen molar-refractivity contribution in [3.05, 3.63) is 59.9 Å². The van der Waals surface area contributed by atoms with Crippen molar-refractivity contribution in [1.82, 2.24) is 15.0 Å². The topological polar surface area (TPSA) is 63.2 Å². The molecule has 0 bridgehead atoms. The van der Waals surface area contributed by atoms with Crippen molar-refractivity contribution in [1.29, 1.82) is 0 Å². The molecule has 0 aliphatic carbocycles. The lowest BCUT2D eigenvalue weighted by Gasteiger charge is -2.21. The minimum Gasteiger partial charge on any atom is -0.364 e. The molecule has 1 N–H and O–H groups in total. The smallest absolute Gasteiger partial charge is 0.227 e. The minimum atomic E-state index is 0.484. The third-order valence-corrected chi connectivity index (χ3v) is 4.00. The lowest BCUT2D eigenvalue weighted by Crippen LogP contribution is -2.25. The van der Waals surface area contributed by atoms with Crippen molar-refractivity contribution in [3.8, 4) is 11.3 Å². The molecule has 0 aliphatic rings. The molecule has 0 spiro atoms. The molecule has 0 amide bonds. The van der Waals surface area contributed by atoms with Crippen LogP contribution in [0.2, 0.25) is 5.02 Å². The van der Waals surface area contributed by atoms with Gasteiger partial charge in [0.15, 0.2) is 0 Å². The Hall–Kier alpha value is -2.70. The second-order valence-corrected chi connectivity index (χ2v) is 6.01. The average molecular weight is 370 g/mol. The predicted molar refractivity (Wildman–Crippen MR) is 105 cm³/mol. The Balaban J connectivity index is 1.86. The van der Waals surface area contributed by atoms with Crippen LogP contribution in [0, 0.1) is 0 Å². The molecule has 2 aromatic heterocycles. The zero-order valence-corrected chi connectivity index (χ0v) is 15.4. The van der Waals surface area contributed by atoms with Gasteiger partial charge in [-0.05, 0) is 43.3 Å². The molecule has 3 aromatic rings. The van der Waals surface area contributed by atoms with E-state index in [2.05, 4.69) is 27.2 Å². The Kier molecular flexibility index (Phi) is 5.99. The van der Waals surface area contributed by atoms with Gasteiger partial charge in [0, 0.05) is 42.3 Å². The zero-order valence-electron chi connectivity index (χ0n) is 14.7. The third-order valence-electron chi connectivity index (χ3n) is 3.77. The largest absolute Gasteiger partial charge is 0.364 e.